The van der Waals surface area contributed by atoms with Gasteiger partial charge in [-0.1, -0.05) is 29.3 Å². The van der Waals surface area contributed by atoms with Crippen molar-refractivity contribution in [3.8, 4) is 0 Å². The van der Waals surface area contributed by atoms with Gasteiger partial charge in [0.15, 0.2) is 0 Å². The number of rotatable bonds is 4. The van der Waals surface area contributed by atoms with Gasteiger partial charge in [-0.25, -0.2) is 0 Å². The topological polar surface area (TPSA) is 75.5 Å². The zero-order chi connectivity index (χ0) is 24.6. The minimum atomic E-state index is -4.51. The second-order valence-electron chi connectivity index (χ2n) is 7.60. The lowest BCUT2D eigenvalue weighted by atomic mass is 9.98. The van der Waals surface area contributed by atoms with Gasteiger partial charge in [-0.3, -0.25) is 14.9 Å². The van der Waals surface area contributed by atoms with E-state index in [1.54, 1.807) is 23.1 Å². The molecule has 0 aromatic heterocycles. The molecule has 0 saturated heterocycles. The fourth-order valence-corrected chi connectivity index (χ4v) is 4.37. The Labute approximate surface area is 202 Å². The molecule has 1 amide bonds. The van der Waals surface area contributed by atoms with E-state index in [1.807, 2.05) is 0 Å². The van der Waals surface area contributed by atoms with E-state index in [9.17, 15) is 28.1 Å². The van der Waals surface area contributed by atoms with Crippen LogP contribution in [0, 0.1) is 10.1 Å². The van der Waals surface area contributed by atoms with Gasteiger partial charge >= 0.3 is 6.18 Å². The standard InChI is InChI=1S/C23H16Cl2F3N3O3/c24-17-8-7-14(31(33)34)12-16(17)22(32)29-19-4-1-5-20-15(19)3-2-10-30(20)21-9-6-13(11-18(21)25)23(26,27)28/h1,4-9,11-12H,2-3,10H2,(H,29,32). The number of carbonyl (C=O) groups is 1. The van der Waals surface area contributed by atoms with Gasteiger partial charge in [0.05, 0.1) is 31.8 Å². The highest BCUT2D eigenvalue weighted by atomic mass is 35.5. The fourth-order valence-electron chi connectivity index (χ4n) is 3.88. The van der Waals surface area contributed by atoms with Crippen LogP contribution in [0.5, 0.6) is 0 Å². The Bertz CT molecular complexity index is 1300. The zero-order valence-corrected chi connectivity index (χ0v) is 18.8. The van der Waals surface area contributed by atoms with Crippen LogP contribution in [0.1, 0.15) is 27.9 Å². The molecule has 0 atom stereocenters. The fraction of sp³-hybridized carbons (Fsp3) is 0.174. The lowest BCUT2D eigenvalue weighted by Crippen LogP contribution is -2.26. The number of non-ortho nitro benzene ring substituents is 1. The summed E-state index contributed by atoms with van der Waals surface area (Å²) in [5.41, 5.74) is 1.18. The lowest BCUT2D eigenvalue weighted by Gasteiger charge is -2.33. The highest BCUT2D eigenvalue weighted by Crippen LogP contribution is 2.42. The average Bonchev–Trinajstić information content (AvgIpc) is 2.78. The van der Waals surface area contributed by atoms with E-state index >= 15 is 0 Å². The molecule has 0 radical (unpaired) electrons. The number of nitrogens with one attached hydrogen (secondary N) is 1. The molecule has 1 heterocycles. The third-order valence-corrected chi connectivity index (χ3v) is 6.10. The number of fused-ring (bicyclic) bond motifs is 1. The molecule has 0 fully saturated rings. The van der Waals surface area contributed by atoms with Crippen LogP contribution < -0.4 is 10.2 Å². The van der Waals surface area contributed by atoms with E-state index in [4.69, 9.17) is 23.2 Å². The monoisotopic (exact) mass is 509 g/mol. The minimum Gasteiger partial charge on any atom is -0.340 e. The average molecular weight is 510 g/mol. The van der Waals surface area contributed by atoms with Crippen molar-refractivity contribution in [1.29, 1.82) is 0 Å². The summed E-state index contributed by atoms with van der Waals surface area (Å²) in [7, 11) is 0. The summed E-state index contributed by atoms with van der Waals surface area (Å²) < 4.78 is 39.1. The maximum absolute atomic E-state index is 13.0. The number of hydrogen-bond donors (Lipinski definition) is 1. The molecular formula is C23H16Cl2F3N3O3. The predicted molar refractivity (Wildman–Crippen MR) is 124 cm³/mol. The Hall–Kier alpha value is -3.30. The number of amides is 1. The second-order valence-corrected chi connectivity index (χ2v) is 8.41. The van der Waals surface area contributed by atoms with Crippen LogP contribution in [-0.2, 0) is 12.6 Å². The molecule has 176 valence electrons. The molecule has 0 unspecified atom stereocenters. The first-order valence-corrected chi connectivity index (χ1v) is 10.8. The van der Waals surface area contributed by atoms with Crippen LogP contribution in [0.2, 0.25) is 10.0 Å². The molecular weight excluding hydrogens is 494 g/mol. The molecule has 1 aliphatic heterocycles. The van der Waals surface area contributed by atoms with Crippen molar-refractivity contribution >= 4 is 51.9 Å². The quantitative estimate of drug-likeness (QED) is 0.296. The number of hydrogen-bond acceptors (Lipinski definition) is 4. The molecule has 1 N–H and O–H groups in total. The molecule has 3 aromatic carbocycles. The minimum absolute atomic E-state index is 0.0412. The molecule has 4 rings (SSSR count). The Morgan fingerprint density at radius 1 is 1.03 bits per heavy atom. The summed E-state index contributed by atoms with van der Waals surface area (Å²) in [5, 5.41) is 13.8. The molecule has 0 spiro atoms. The number of nitrogens with zero attached hydrogens (tertiary/aromatic N) is 2. The number of anilines is 3. The SMILES string of the molecule is O=C(Nc1cccc2c1CCCN2c1ccc(C(F)(F)F)cc1Cl)c1cc([N+](=O)[O-])ccc1Cl. The summed E-state index contributed by atoms with van der Waals surface area (Å²) in [6.45, 7) is 0.520. The highest BCUT2D eigenvalue weighted by Gasteiger charge is 2.32. The number of halogens is 5. The maximum atomic E-state index is 13.0. The normalized spacial score (nSPS) is 13.4. The van der Waals surface area contributed by atoms with Crippen LogP contribution in [0.15, 0.2) is 54.6 Å². The van der Waals surface area contributed by atoms with Crippen LogP contribution >= 0.6 is 23.2 Å². The number of alkyl halides is 3. The molecule has 0 bridgehead atoms. The summed E-state index contributed by atoms with van der Waals surface area (Å²) >= 11 is 12.3. The van der Waals surface area contributed by atoms with Crippen molar-refractivity contribution in [3.05, 3.63) is 91.4 Å². The Morgan fingerprint density at radius 2 is 1.79 bits per heavy atom. The first kappa shape index (κ1) is 23.8. The van der Waals surface area contributed by atoms with Gasteiger partial charge in [-0.2, -0.15) is 13.2 Å². The van der Waals surface area contributed by atoms with Crippen molar-refractivity contribution in [2.75, 3.05) is 16.8 Å². The molecule has 0 aliphatic carbocycles. The van der Waals surface area contributed by atoms with Crippen LogP contribution in [0.3, 0.4) is 0 Å². The molecule has 3 aromatic rings. The first-order chi connectivity index (χ1) is 16.1. The zero-order valence-electron chi connectivity index (χ0n) is 17.3. The largest absolute Gasteiger partial charge is 0.416 e. The van der Waals surface area contributed by atoms with Crippen molar-refractivity contribution < 1.29 is 22.9 Å². The van der Waals surface area contributed by atoms with Crippen molar-refractivity contribution in [2.45, 2.75) is 19.0 Å². The van der Waals surface area contributed by atoms with Gasteiger partial charge in [0, 0.05) is 30.1 Å². The van der Waals surface area contributed by atoms with Gasteiger partial charge in [0.25, 0.3) is 11.6 Å². The van der Waals surface area contributed by atoms with Crippen LogP contribution in [-0.4, -0.2) is 17.4 Å². The Balaban J connectivity index is 1.67. The van der Waals surface area contributed by atoms with Gasteiger partial charge < -0.3 is 10.2 Å². The molecule has 6 nitrogen and oxygen atoms in total. The third kappa shape index (κ3) is 4.67. The molecule has 0 saturated carbocycles. The predicted octanol–water partition coefficient (Wildman–Crippen LogP) is 7.26. The summed E-state index contributed by atoms with van der Waals surface area (Å²) in [6.07, 6.45) is -3.24. The van der Waals surface area contributed by atoms with E-state index in [-0.39, 0.29) is 21.3 Å². The van der Waals surface area contributed by atoms with Crippen molar-refractivity contribution in [1.82, 2.24) is 0 Å². The van der Waals surface area contributed by atoms with E-state index in [2.05, 4.69) is 5.32 Å². The van der Waals surface area contributed by atoms with Gasteiger partial charge in [0.1, 0.15) is 0 Å². The highest BCUT2D eigenvalue weighted by molar-refractivity contribution is 6.34. The van der Waals surface area contributed by atoms with E-state index < -0.39 is 22.6 Å². The number of carbonyl (C=O) groups excluding carboxylic acids is 1. The van der Waals surface area contributed by atoms with Crippen LogP contribution in [0.4, 0.5) is 35.9 Å². The maximum Gasteiger partial charge on any atom is 0.416 e. The smallest absolute Gasteiger partial charge is 0.340 e. The molecule has 11 heteroatoms. The van der Waals surface area contributed by atoms with E-state index in [1.165, 1.54) is 18.2 Å². The Kier molecular flexibility index (Phi) is 6.42. The first-order valence-electron chi connectivity index (χ1n) is 10.1. The van der Waals surface area contributed by atoms with Gasteiger partial charge in [-0.05, 0) is 54.8 Å². The Morgan fingerprint density at radius 3 is 2.47 bits per heavy atom. The number of nitro benzene ring substituents is 1. The number of benzene rings is 3. The molecule has 34 heavy (non-hydrogen) atoms. The third-order valence-electron chi connectivity index (χ3n) is 5.47. The van der Waals surface area contributed by atoms with E-state index in [0.29, 0.717) is 36.4 Å². The lowest BCUT2D eigenvalue weighted by molar-refractivity contribution is -0.384. The molecule has 1 aliphatic rings. The van der Waals surface area contributed by atoms with Crippen LogP contribution in [0.25, 0.3) is 0 Å². The summed E-state index contributed by atoms with van der Waals surface area (Å²) in [6, 6.07) is 11.9. The van der Waals surface area contributed by atoms with Crippen molar-refractivity contribution in [3.63, 3.8) is 0 Å². The second kappa shape index (κ2) is 9.15. The van der Waals surface area contributed by atoms with Gasteiger partial charge in [-0.15, -0.1) is 0 Å². The van der Waals surface area contributed by atoms with E-state index in [0.717, 1.165) is 23.8 Å². The summed E-state index contributed by atoms with van der Waals surface area (Å²) in [4.78, 5) is 25.1. The van der Waals surface area contributed by atoms with Crippen molar-refractivity contribution in [2.24, 2.45) is 0 Å². The van der Waals surface area contributed by atoms with Gasteiger partial charge in [0.2, 0.25) is 0 Å². The number of nitro groups is 1. The summed E-state index contributed by atoms with van der Waals surface area (Å²) in [5.74, 6) is -0.619.